The highest BCUT2D eigenvalue weighted by atomic mass is 35.5. The second-order valence-corrected chi connectivity index (χ2v) is 10.4. The van der Waals surface area contributed by atoms with Gasteiger partial charge in [-0.15, -0.1) is 0 Å². The van der Waals surface area contributed by atoms with Gasteiger partial charge >= 0.3 is 6.18 Å². The molecule has 2 nitrogen and oxygen atoms in total. The summed E-state index contributed by atoms with van der Waals surface area (Å²) in [5, 5.41) is 3.29. The lowest BCUT2D eigenvalue weighted by Crippen LogP contribution is -2.30. The molecule has 1 N–H and O–H groups in total. The second-order valence-electron chi connectivity index (χ2n) is 9.95. The lowest BCUT2D eigenvalue weighted by molar-refractivity contribution is -0.137. The van der Waals surface area contributed by atoms with Crippen molar-refractivity contribution in [2.75, 3.05) is 6.54 Å². The van der Waals surface area contributed by atoms with Crippen molar-refractivity contribution in [3.05, 3.63) is 105 Å². The Morgan fingerprint density at radius 1 is 0.944 bits per heavy atom. The fourth-order valence-electron chi connectivity index (χ4n) is 4.04. The molecule has 0 spiro atoms. The summed E-state index contributed by atoms with van der Waals surface area (Å²) in [6, 6.07) is 15.7. The maximum absolute atomic E-state index is 14.2. The van der Waals surface area contributed by atoms with Crippen LogP contribution in [-0.4, -0.2) is 12.5 Å². The minimum atomic E-state index is -4.68. The van der Waals surface area contributed by atoms with Gasteiger partial charge in [-0.25, -0.2) is 4.39 Å². The van der Waals surface area contributed by atoms with Crippen LogP contribution in [0.3, 0.4) is 0 Å². The van der Waals surface area contributed by atoms with E-state index >= 15 is 0 Å². The minimum absolute atomic E-state index is 0.00708. The van der Waals surface area contributed by atoms with Gasteiger partial charge in [0, 0.05) is 17.5 Å². The summed E-state index contributed by atoms with van der Waals surface area (Å²) in [6.07, 6.45) is -3.38. The van der Waals surface area contributed by atoms with Crippen LogP contribution < -0.4 is 5.32 Å². The maximum Gasteiger partial charge on any atom is 0.416 e. The molecule has 0 aromatic heterocycles. The Morgan fingerprint density at radius 3 is 2.17 bits per heavy atom. The largest absolute Gasteiger partial charge is 0.416 e. The van der Waals surface area contributed by atoms with Gasteiger partial charge in [-0.05, 0) is 64.8 Å². The molecule has 3 rings (SSSR count). The Kier molecular flexibility index (Phi) is 8.50. The summed E-state index contributed by atoms with van der Waals surface area (Å²) < 4.78 is 53.5. The molecule has 1 atom stereocenters. The van der Waals surface area contributed by atoms with Crippen LogP contribution in [0.5, 0.6) is 0 Å². The topological polar surface area (TPSA) is 29.1 Å². The van der Waals surface area contributed by atoms with E-state index in [1.165, 1.54) is 5.56 Å². The molecule has 3 aromatic carbocycles. The normalized spacial score (nSPS) is 12.9. The van der Waals surface area contributed by atoms with Crippen LogP contribution in [0.1, 0.15) is 71.8 Å². The number of benzene rings is 3. The number of aryl methyl sites for hydroxylation is 1. The van der Waals surface area contributed by atoms with E-state index in [9.17, 15) is 22.4 Å². The van der Waals surface area contributed by atoms with Crippen LogP contribution in [0.25, 0.3) is 0 Å². The van der Waals surface area contributed by atoms with E-state index in [-0.39, 0.29) is 17.9 Å². The van der Waals surface area contributed by atoms with Gasteiger partial charge in [0.1, 0.15) is 5.82 Å². The Labute approximate surface area is 214 Å². The van der Waals surface area contributed by atoms with Crippen molar-refractivity contribution in [3.8, 4) is 0 Å². The highest BCUT2D eigenvalue weighted by Crippen LogP contribution is 2.31. The van der Waals surface area contributed by atoms with Crippen LogP contribution in [0.2, 0.25) is 5.02 Å². The Balaban J connectivity index is 1.87. The van der Waals surface area contributed by atoms with E-state index in [0.717, 1.165) is 23.1 Å². The molecule has 0 bridgehead atoms. The van der Waals surface area contributed by atoms with Crippen molar-refractivity contribution < 1.29 is 22.4 Å². The molecular weight excluding hydrogens is 490 g/mol. The Bertz CT molecular complexity index is 1210. The van der Waals surface area contributed by atoms with E-state index < -0.39 is 29.0 Å². The van der Waals surface area contributed by atoms with Crippen molar-refractivity contribution in [1.29, 1.82) is 0 Å². The summed E-state index contributed by atoms with van der Waals surface area (Å²) >= 11 is 6.29. The van der Waals surface area contributed by atoms with Gasteiger partial charge in [-0.2, -0.15) is 13.2 Å². The van der Waals surface area contributed by atoms with E-state index in [0.29, 0.717) is 29.6 Å². The first kappa shape index (κ1) is 27.7. The number of carbonyl (C=O) groups is 1. The number of hydrogen-bond donors (Lipinski definition) is 1. The van der Waals surface area contributed by atoms with Crippen LogP contribution >= 0.6 is 11.6 Å². The molecule has 0 aliphatic carbocycles. The quantitative estimate of drug-likeness (QED) is 0.314. The number of hydrogen-bond acceptors (Lipinski definition) is 1. The third kappa shape index (κ3) is 6.88. The van der Waals surface area contributed by atoms with Gasteiger partial charge in [0.2, 0.25) is 0 Å². The van der Waals surface area contributed by atoms with E-state index in [4.69, 9.17) is 11.6 Å². The number of rotatable bonds is 7. The van der Waals surface area contributed by atoms with Crippen LogP contribution in [-0.2, 0) is 24.4 Å². The SMILES string of the molecule is CCc1cc(C(CNC(=O)c2cc(C(F)(F)F)ccc2F)Cc2ccc(C(C)(C)C)cc2)ccc1Cl. The van der Waals surface area contributed by atoms with Gasteiger partial charge in [0.05, 0.1) is 11.1 Å². The lowest BCUT2D eigenvalue weighted by atomic mass is 9.85. The Hall–Kier alpha value is -2.86. The van der Waals surface area contributed by atoms with Crippen molar-refractivity contribution >= 4 is 17.5 Å². The number of carbonyl (C=O) groups excluding carboxylic acids is 1. The zero-order chi connectivity index (χ0) is 26.7. The number of nitrogens with one attached hydrogen (secondary N) is 1. The summed E-state index contributed by atoms with van der Waals surface area (Å²) in [6.45, 7) is 8.50. The monoisotopic (exact) mass is 519 g/mol. The predicted molar refractivity (Wildman–Crippen MR) is 136 cm³/mol. The molecule has 192 valence electrons. The standard InChI is InChI=1S/C29H30ClF4NO/c1-5-19-15-20(8-12-25(19)30)21(14-18-6-9-22(10-7-18)28(2,3)4)17-35-27(36)24-16-23(29(32,33)34)11-13-26(24)31/h6-13,15-16,21H,5,14,17H2,1-4H3,(H,35,36). The highest BCUT2D eigenvalue weighted by Gasteiger charge is 2.32. The van der Waals surface area contributed by atoms with Crippen molar-refractivity contribution in [2.45, 2.75) is 58.0 Å². The average Bonchev–Trinajstić information content (AvgIpc) is 2.81. The zero-order valence-electron chi connectivity index (χ0n) is 20.8. The fourth-order valence-corrected chi connectivity index (χ4v) is 4.29. The molecule has 0 saturated heterocycles. The first-order valence-corrected chi connectivity index (χ1v) is 12.2. The third-order valence-electron chi connectivity index (χ3n) is 6.27. The van der Waals surface area contributed by atoms with Crippen molar-refractivity contribution in [2.24, 2.45) is 0 Å². The van der Waals surface area contributed by atoms with Crippen molar-refractivity contribution in [3.63, 3.8) is 0 Å². The maximum atomic E-state index is 14.2. The third-order valence-corrected chi connectivity index (χ3v) is 6.64. The van der Waals surface area contributed by atoms with Gasteiger partial charge in [0.15, 0.2) is 0 Å². The molecule has 0 saturated carbocycles. The van der Waals surface area contributed by atoms with Gasteiger partial charge in [0.25, 0.3) is 5.91 Å². The molecule has 7 heteroatoms. The molecule has 0 fully saturated rings. The van der Waals surface area contributed by atoms with Gasteiger partial charge in [-0.1, -0.05) is 75.7 Å². The molecular formula is C29H30ClF4NO. The number of alkyl halides is 3. The lowest BCUT2D eigenvalue weighted by Gasteiger charge is -2.22. The number of amides is 1. The molecule has 1 amide bonds. The average molecular weight is 520 g/mol. The molecule has 3 aromatic rings. The first-order valence-electron chi connectivity index (χ1n) is 11.8. The zero-order valence-corrected chi connectivity index (χ0v) is 21.5. The van der Waals surface area contributed by atoms with Gasteiger partial charge in [-0.3, -0.25) is 4.79 Å². The summed E-state index contributed by atoms with van der Waals surface area (Å²) in [5.41, 5.74) is 2.42. The molecule has 36 heavy (non-hydrogen) atoms. The molecule has 0 radical (unpaired) electrons. The van der Waals surface area contributed by atoms with Crippen LogP contribution in [0.4, 0.5) is 17.6 Å². The fraction of sp³-hybridized carbons (Fsp3) is 0.345. The first-order chi connectivity index (χ1) is 16.8. The van der Waals surface area contributed by atoms with Crippen LogP contribution in [0.15, 0.2) is 60.7 Å². The van der Waals surface area contributed by atoms with E-state index in [1.807, 2.05) is 31.2 Å². The van der Waals surface area contributed by atoms with E-state index in [2.05, 4.69) is 38.2 Å². The van der Waals surface area contributed by atoms with E-state index in [1.54, 1.807) is 6.07 Å². The minimum Gasteiger partial charge on any atom is -0.351 e. The summed E-state index contributed by atoms with van der Waals surface area (Å²) in [4.78, 5) is 12.7. The van der Waals surface area contributed by atoms with Crippen LogP contribution in [0, 0.1) is 5.82 Å². The molecule has 0 aliphatic heterocycles. The number of halogens is 5. The Morgan fingerprint density at radius 2 is 1.58 bits per heavy atom. The van der Waals surface area contributed by atoms with Crippen molar-refractivity contribution in [1.82, 2.24) is 5.32 Å². The summed E-state index contributed by atoms with van der Waals surface area (Å²) in [7, 11) is 0. The van der Waals surface area contributed by atoms with Gasteiger partial charge < -0.3 is 5.32 Å². The highest BCUT2D eigenvalue weighted by molar-refractivity contribution is 6.31. The predicted octanol–water partition coefficient (Wildman–Crippen LogP) is 8.11. The smallest absolute Gasteiger partial charge is 0.351 e. The molecule has 1 unspecified atom stereocenters. The molecule has 0 heterocycles. The molecule has 0 aliphatic rings. The second kappa shape index (κ2) is 11.0. The summed E-state index contributed by atoms with van der Waals surface area (Å²) in [5.74, 6) is -2.10.